The Balaban J connectivity index is 2.02. The van der Waals surface area contributed by atoms with Crippen molar-refractivity contribution in [3.8, 4) is 6.07 Å². The molecule has 0 radical (unpaired) electrons. The normalized spacial score (nSPS) is 18.7. The predicted molar refractivity (Wildman–Crippen MR) is 94.9 cm³/mol. The second-order valence-electron chi connectivity index (χ2n) is 5.80. The van der Waals surface area contributed by atoms with Crippen LogP contribution in [0.3, 0.4) is 0 Å². The predicted octanol–water partition coefficient (Wildman–Crippen LogP) is 1.60. The van der Waals surface area contributed by atoms with E-state index in [0.717, 1.165) is 17.4 Å². The number of thiophene rings is 1. The van der Waals surface area contributed by atoms with Crippen LogP contribution in [0.25, 0.3) is 0 Å². The molecule has 1 saturated heterocycles. The maximum Gasteiger partial charge on any atom is 0.243 e. The van der Waals surface area contributed by atoms with Crippen LogP contribution in [-0.4, -0.2) is 45.4 Å². The van der Waals surface area contributed by atoms with Crippen molar-refractivity contribution in [3.63, 3.8) is 0 Å². The SMILES string of the molecule is N#Cc1ccc(S(=O)(=O)c2cccc(S(=O)(=O)N3CCC[C@H]3CO)c2)s1. The van der Waals surface area contributed by atoms with Crippen LogP contribution in [-0.2, 0) is 19.9 Å². The fraction of sp³-hybridized carbons (Fsp3) is 0.312. The van der Waals surface area contributed by atoms with E-state index in [1.165, 1.54) is 34.6 Å². The van der Waals surface area contributed by atoms with Gasteiger partial charge in [-0.3, -0.25) is 0 Å². The molecule has 1 aliphatic heterocycles. The van der Waals surface area contributed by atoms with Crippen LogP contribution in [0.2, 0.25) is 0 Å². The summed E-state index contributed by atoms with van der Waals surface area (Å²) in [6, 6.07) is 9.32. The number of nitriles is 1. The Hall–Kier alpha value is -1.77. The van der Waals surface area contributed by atoms with Gasteiger partial charge in [-0.15, -0.1) is 11.3 Å². The van der Waals surface area contributed by atoms with Crippen molar-refractivity contribution in [1.82, 2.24) is 4.31 Å². The molecule has 1 fully saturated rings. The molecule has 3 rings (SSSR count). The monoisotopic (exact) mass is 412 g/mol. The summed E-state index contributed by atoms with van der Waals surface area (Å²) >= 11 is 0.835. The first kappa shape index (κ1) is 19.0. The van der Waals surface area contributed by atoms with Gasteiger partial charge in [0.1, 0.15) is 15.2 Å². The minimum atomic E-state index is -3.92. The van der Waals surface area contributed by atoms with Crippen molar-refractivity contribution < 1.29 is 21.9 Å². The summed E-state index contributed by atoms with van der Waals surface area (Å²) in [6.07, 6.45) is 1.22. The fourth-order valence-electron chi connectivity index (χ4n) is 2.89. The molecule has 0 bridgehead atoms. The van der Waals surface area contributed by atoms with Gasteiger partial charge in [0.2, 0.25) is 19.9 Å². The van der Waals surface area contributed by atoms with Gasteiger partial charge in [0.15, 0.2) is 0 Å². The summed E-state index contributed by atoms with van der Waals surface area (Å²) in [4.78, 5) is -0.0177. The number of sulfone groups is 1. The molecule has 0 aliphatic carbocycles. The number of aliphatic hydroxyl groups is 1. The number of hydrogen-bond donors (Lipinski definition) is 1. The Morgan fingerprint density at radius 1 is 1.19 bits per heavy atom. The van der Waals surface area contributed by atoms with E-state index >= 15 is 0 Å². The highest BCUT2D eigenvalue weighted by molar-refractivity contribution is 7.93. The summed E-state index contributed by atoms with van der Waals surface area (Å²) in [5.74, 6) is 0. The Kier molecular flexibility index (Phi) is 5.18. The molecule has 1 aromatic heterocycles. The molecule has 0 unspecified atom stereocenters. The summed E-state index contributed by atoms with van der Waals surface area (Å²) in [7, 11) is -7.82. The average molecular weight is 413 g/mol. The van der Waals surface area contributed by atoms with E-state index in [1.807, 2.05) is 6.07 Å². The van der Waals surface area contributed by atoms with E-state index < -0.39 is 25.9 Å². The van der Waals surface area contributed by atoms with Gasteiger partial charge < -0.3 is 5.11 Å². The zero-order chi connectivity index (χ0) is 18.9. The first-order valence-corrected chi connectivity index (χ1v) is 11.5. The third-order valence-corrected chi connectivity index (χ3v) is 9.39. The standard InChI is InChI=1S/C16H16N2O5S3/c17-10-13-6-7-16(24-13)25(20,21)14-4-1-5-15(9-14)26(22,23)18-8-2-3-12(18)11-19/h1,4-7,9,12,19H,2-3,8,11H2/t12-/m0/s1. The van der Waals surface area contributed by atoms with Crippen LogP contribution < -0.4 is 0 Å². The van der Waals surface area contributed by atoms with Gasteiger partial charge in [0.05, 0.1) is 16.4 Å². The van der Waals surface area contributed by atoms with Gasteiger partial charge in [0.25, 0.3) is 0 Å². The lowest BCUT2D eigenvalue weighted by molar-refractivity contribution is 0.213. The molecule has 26 heavy (non-hydrogen) atoms. The molecule has 2 aromatic rings. The minimum absolute atomic E-state index is 0.0157. The first-order valence-electron chi connectivity index (χ1n) is 7.78. The van der Waals surface area contributed by atoms with Crippen LogP contribution in [0, 0.1) is 11.3 Å². The third-order valence-electron chi connectivity index (χ3n) is 4.21. The Bertz CT molecular complexity index is 1070. The van der Waals surface area contributed by atoms with Crippen LogP contribution in [0.1, 0.15) is 17.7 Å². The van der Waals surface area contributed by atoms with Crippen molar-refractivity contribution >= 4 is 31.2 Å². The van der Waals surface area contributed by atoms with Gasteiger partial charge in [-0.05, 0) is 43.2 Å². The average Bonchev–Trinajstić information content (AvgIpc) is 3.31. The minimum Gasteiger partial charge on any atom is -0.395 e. The molecule has 1 aliphatic rings. The lowest BCUT2D eigenvalue weighted by atomic mass is 10.2. The highest BCUT2D eigenvalue weighted by Crippen LogP contribution is 2.31. The highest BCUT2D eigenvalue weighted by atomic mass is 32.2. The zero-order valence-electron chi connectivity index (χ0n) is 13.6. The number of benzene rings is 1. The van der Waals surface area contributed by atoms with Crippen molar-refractivity contribution in [2.24, 2.45) is 0 Å². The molecular formula is C16H16N2O5S3. The van der Waals surface area contributed by atoms with Crippen LogP contribution in [0.5, 0.6) is 0 Å². The van der Waals surface area contributed by atoms with E-state index in [1.54, 1.807) is 0 Å². The van der Waals surface area contributed by atoms with Gasteiger partial charge in [-0.1, -0.05) is 6.07 Å². The molecule has 7 nitrogen and oxygen atoms in total. The topological polar surface area (TPSA) is 116 Å². The summed E-state index contributed by atoms with van der Waals surface area (Å²) in [5.41, 5.74) is 0. The second-order valence-corrected chi connectivity index (χ2v) is 11.0. The largest absolute Gasteiger partial charge is 0.395 e. The highest BCUT2D eigenvalue weighted by Gasteiger charge is 2.35. The molecule has 1 atom stereocenters. The van der Waals surface area contributed by atoms with E-state index in [2.05, 4.69) is 0 Å². The third kappa shape index (κ3) is 3.28. The number of hydrogen-bond acceptors (Lipinski definition) is 7. The van der Waals surface area contributed by atoms with Crippen LogP contribution in [0.15, 0.2) is 50.4 Å². The number of nitrogens with zero attached hydrogens (tertiary/aromatic N) is 2. The van der Waals surface area contributed by atoms with Gasteiger partial charge >= 0.3 is 0 Å². The summed E-state index contributed by atoms with van der Waals surface area (Å²) in [6.45, 7) is 0.0182. The number of aliphatic hydroxyl groups excluding tert-OH is 1. The summed E-state index contributed by atoms with van der Waals surface area (Å²) < 4.78 is 52.4. The van der Waals surface area contributed by atoms with Crippen molar-refractivity contribution in [2.75, 3.05) is 13.2 Å². The Labute approximate surface area is 156 Å². The van der Waals surface area contributed by atoms with E-state index in [0.29, 0.717) is 19.4 Å². The lowest BCUT2D eigenvalue weighted by Gasteiger charge is -2.22. The number of rotatable bonds is 5. The van der Waals surface area contributed by atoms with Crippen molar-refractivity contribution in [2.45, 2.75) is 32.9 Å². The van der Waals surface area contributed by atoms with Crippen LogP contribution in [0.4, 0.5) is 0 Å². The first-order chi connectivity index (χ1) is 12.3. The van der Waals surface area contributed by atoms with E-state index in [9.17, 15) is 21.9 Å². The van der Waals surface area contributed by atoms with E-state index in [4.69, 9.17) is 5.26 Å². The summed E-state index contributed by atoms with van der Waals surface area (Å²) in [5, 5.41) is 18.2. The molecule has 10 heteroatoms. The maximum atomic E-state index is 12.8. The fourth-order valence-corrected chi connectivity index (χ4v) is 7.24. The molecule has 0 saturated carbocycles. The molecule has 1 N–H and O–H groups in total. The molecule has 0 spiro atoms. The Morgan fingerprint density at radius 3 is 2.58 bits per heavy atom. The zero-order valence-corrected chi connectivity index (χ0v) is 16.0. The molecule has 2 heterocycles. The maximum absolute atomic E-state index is 12.8. The molecule has 138 valence electrons. The molecule has 0 amide bonds. The molecular weight excluding hydrogens is 396 g/mol. The van der Waals surface area contributed by atoms with Gasteiger partial charge in [-0.2, -0.15) is 9.57 Å². The van der Waals surface area contributed by atoms with Gasteiger partial charge in [0, 0.05) is 12.6 Å². The van der Waals surface area contributed by atoms with Crippen molar-refractivity contribution in [1.29, 1.82) is 5.26 Å². The van der Waals surface area contributed by atoms with Crippen LogP contribution >= 0.6 is 11.3 Å². The van der Waals surface area contributed by atoms with Crippen molar-refractivity contribution in [3.05, 3.63) is 41.3 Å². The number of sulfonamides is 1. The Morgan fingerprint density at radius 2 is 1.92 bits per heavy atom. The van der Waals surface area contributed by atoms with E-state index in [-0.39, 0.29) is 25.5 Å². The quantitative estimate of drug-likeness (QED) is 0.797. The lowest BCUT2D eigenvalue weighted by Crippen LogP contribution is -2.37. The second kappa shape index (κ2) is 7.09. The van der Waals surface area contributed by atoms with Gasteiger partial charge in [-0.25, -0.2) is 16.8 Å². The molecule has 1 aromatic carbocycles. The smallest absolute Gasteiger partial charge is 0.243 e.